The summed E-state index contributed by atoms with van der Waals surface area (Å²) in [7, 11) is 0. The number of carbonyl (C=O) groups excluding carboxylic acids is 1. The molecule has 2 aromatic rings. The maximum atomic E-state index is 13.6. The molecule has 1 aliphatic rings. The first-order valence-electron chi connectivity index (χ1n) is 6.65. The molecule has 3 rings (SSSR count). The maximum absolute atomic E-state index is 13.6. The molecule has 22 heavy (non-hydrogen) atoms. The Kier molecular flexibility index (Phi) is 4.34. The minimum absolute atomic E-state index is 0.0805. The molecule has 6 heteroatoms. The summed E-state index contributed by atoms with van der Waals surface area (Å²) in [5.74, 6) is -0.670. The van der Waals surface area contributed by atoms with Crippen molar-refractivity contribution in [1.82, 2.24) is 5.32 Å². The largest absolute Gasteiger partial charge is 0.361 e. The second-order valence-corrected chi connectivity index (χ2v) is 5.90. The van der Waals surface area contributed by atoms with Crippen molar-refractivity contribution < 1.29 is 13.9 Å². The van der Waals surface area contributed by atoms with Gasteiger partial charge in [0.15, 0.2) is 0 Å². The van der Waals surface area contributed by atoms with Crippen LogP contribution in [0.2, 0.25) is 10.0 Å². The van der Waals surface area contributed by atoms with Crippen LogP contribution in [0, 0.1) is 5.82 Å². The number of ether oxygens (including phenoxy) is 1. The number of benzene rings is 2. The zero-order chi connectivity index (χ0) is 15.7. The summed E-state index contributed by atoms with van der Waals surface area (Å²) >= 11 is 11.8. The van der Waals surface area contributed by atoms with E-state index in [2.05, 4.69) is 5.32 Å². The van der Waals surface area contributed by atoms with E-state index in [-0.39, 0.29) is 17.5 Å². The van der Waals surface area contributed by atoms with Crippen molar-refractivity contribution in [3.63, 3.8) is 0 Å². The van der Waals surface area contributed by atoms with Gasteiger partial charge in [-0.05, 0) is 41.5 Å². The van der Waals surface area contributed by atoms with E-state index in [0.717, 1.165) is 5.56 Å². The van der Waals surface area contributed by atoms with Crippen molar-refractivity contribution in [3.8, 4) is 0 Å². The summed E-state index contributed by atoms with van der Waals surface area (Å²) in [6, 6.07) is 10.8. The number of hydrogen-bond acceptors (Lipinski definition) is 2. The first kappa shape index (κ1) is 15.3. The van der Waals surface area contributed by atoms with E-state index >= 15 is 0 Å². The summed E-state index contributed by atoms with van der Waals surface area (Å²) < 4.78 is 19.2. The fraction of sp³-hybridized carbons (Fsp3) is 0.188. The number of carbonyl (C=O) groups is 1. The fourth-order valence-corrected chi connectivity index (χ4v) is 2.87. The summed E-state index contributed by atoms with van der Waals surface area (Å²) in [5.41, 5.74) is 1.40. The average Bonchev–Trinajstić information content (AvgIpc) is 2.47. The van der Waals surface area contributed by atoms with Crippen LogP contribution in [0.4, 0.5) is 4.39 Å². The van der Waals surface area contributed by atoms with E-state index in [0.29, 0.717) is 10.6 Å². The molecule has 0 radical (unpaired) electrons. The Labute approximate surface area is 137 Å². The Bertz CT molecular complexity index is 686. The predicted molar refractivity (Wildman–Crippen MR) is 82.4 cm³/mol. The highest BCUT2D eigenvalue weighted by molar-refractivity contribution is 6.30. The van der Waals surface area contributed by atoms with Crippen LogP contribution < -0.4 is 5.32 Å². The van der Waals surface area contributed by atoms with Gasteiger partial charge < -0.3 is 10.1 Å². The first-order chi connectivity index (χ1) is 10.5. The summed E-state index contributed by atoms with van der Waals surface area (Å²) in [4.78, 5) is 11.7. The van der Waals surface area contributed by atoms with Crippen LogP contribution in [0.5, 0.6) is 0 Å². The Morgan fingerprint density at radius 2 is 1.77 bits per heavy atom. The molecule has 1 heterocycles. The standard InChI is InChI=1S/C16H12Cl2FNO2/c17-11-3-1-9(2-4-11)15-16(22-8-14(21)20-15)10-5-12(18)7-13(19)6-10/h1-7,15-16H,8H2,(H,20,21)/t15-,16-/m1/s1. The fourth-order valence-electron chi connectivity index (χ4n) is 2.51. The molecular formula is C16H12Cl2FNO2. The third kappa shape index (κ3) is 3.24. The lowest BCUT2D eigenvalue weighted by Gasteiger charge is -2.33. The molecule has 0 aliphatic carbocycles. The van der Waals surface area contributed by atoms with Crippen LogP contribution in [0.25, 0.3) is 0 Å². The second kappa shape index (κ2) is 6.24. The zero-order valence-electron chi connectivity index (χ0n) is 11.4. The predicted octanol–water partition coefficient (Wildman–Crippen LogP) is 4.06. The second-order valence-electron chi connectivity index (χ2n) is 5.03. The Balaban J connectivity index is 1.99. The van der Waals surface area contributed by atoms with E-state index < -0.39 is 18.0 Å². The molecule has 0 saturated carbocycles. The molecule has 0 spiro atoms. The summed E-state index contributed by atoms with van der Waals surface area (Å²) in [6.07, 6.45) is -0.521. The van der Waals surface area contributed by atoms with Gasteiger partial charge in [0.05, 0.1) is 6.04 Å². The lowest BCUT2D eigenvalue weighted by Crippen LogP contribution is -2.41. The van der Waals surface area contributed by atoms with Gasteiger partial charge in [-0.15, -0.1) is 0 Å². The third-order valence-corrected chi connectivity index (χ3v) is 3.93. The number of amides is 1. The quantitative estimate of drug-likeness (QED) is 0.895. The molecule has 1 saturated heterocycles. The maximum Gasteiger partial charge on any atom is 0.246 e. The Morgan fingerprint density at radius 1 is 1.05 bits per heavy atom. The molecular weight excluding hydrogens is 328 g/mol. The van der Waals surface area contributed by atoms with Crippen LogP contribution in [-0.2, 0) is 9.53 Å². The van der Waals surface area contributed by atoms with Gasteiger partial charge in [0.2, 0.25) is 5.91 Å². The van der Waals surface area contributed by atoms with Crippen LogP contribution in [0.15, 0.2) is 42.5 Å². The van der Waals surface area contributed by atoms with Crippen LogP contribution >= 0.6 is 23.2 Å². The number of nitrogens with one attached hydrogen (secondary N) is 1. The van der Waals surface area contributed by atoms with Crippen molar-refractivity contribution in [2.45, 2.75) is 12.1 Å². The van der Waals surface area contributed by atoms with E-state index in [9.17, 15) is 9.18 Å². The minimum atomic E-state index is -0.521. The molecule has 3 nitrogen and oxygen atoms in total. The van der Waals surface area contributed by atoms with E-state index in [1.165, 1.54) is 12.1 Å². The van der Waals surface area contributed by atoms with Crippen LogP contribution in [0.3, 0.4) is 0 Å². The van der Waals surface area contributed by atoms with Gasteiger partial charge in [0.25, 0.3) is 0 Å². The molecule has 2 aromatic carbocycles. The van der Waals surface area contributed by atoms with Gasteiger partial charge in [-0.25, -0.2) is 4.39 Å². The normalized spacial score (nSPS) is 21.5. The minimum Gasteiger partial charge on any atom is -0.361 e. The molecule has 1 aliphatic heterocycles. The first-order valence-corrected chi connectivity index (χ1v) is 7.41. The topological polar surface area (TPSA) is 38.3 Å². The van der Waals surface area contributed by atoms with Crippen LogP contribution in [-0.4, -0.2) is 12.5 Å². The zero-order valence-corrected chi connectivity index (χ0v) is 12.9. The van der Waals surface area contributed by atoms with Crippen molar-refractivity contribution in [1.29, 1.82) is 0 Å². The smallest absolute Gasteiger partial charge is 0.246 e. The number of hydrogen-bond donors (Lipinski definition) is 1. The van der Waals surface area contributed by atoms with Gasteiger partial charge in [-0.2, -0.15) is 0 Å². The SMILES string of the molecule is O=C1CO[C@H](c2cc(F)cc(Cl)c2)[C@@H](c2ccc(Cl)cc2)N1. The highest BCUT2D eigenvalue weighted by atomic mass is 35.5. The average molecular weight is 340 g/mol. The van der Waals surface area contributed by atoms with Crippen LogP contribution in [0.1, 0.15) is 23.3 Å². The summed E-state index contributed by atoms with van der Waals surface area (Å²) in [5, 5.41) is 3.74. The molecule has 0 unspecified atom stereocenters. The molecule has 1 N–H and O–H groups in total. The lowest BCUT2D eigenvalue weighted by atomic mass is 9.94. The van der Waals surface area contributed by atoms with Gasteiger partial charge in [-0.3, -0.25) is 4.79 Å². The van der Waals surface area contributed by atoms with Crippen molar-refractivity contribution in [2.75, 3.05) is 6.61 Å². The molecule has 1 fully saturated rings. The van der Waals surface area contributed by atoms with Gasteiger partial charge in [0, 0.05) is 10.0 Å². The van der Waals surface area contributed by atoms with Gasteiger partial charge in [0.1, 0.15) is 18.5 Å². The van der Waals surface area contributed by atoms with E-state index in [4.69, 9.17) is 27.9 Å². The van der Waals surface area contributed by atoms with E-state index in [1.807, 2.05) is 0 Å². The van der Waals surface area contributed by atoms with Gasteiger partial charge in [-0.1, -0.05) is 35.3 Å². The highest BCUT2D eigenvalue weighted by Gasteiger charge is 2.32. The molecule has 114 valence electrons. The van der Waals surface area contributed by atoms with Crippen molar-refractivity contribution in [3.05, 3.63) is 69.5 Å². The Morgan fingerprint density at radius 3 is 2.45 bits per heavy atom. The number of halogens is 3. The molecule has 0 aromatic heterocycles. The highest BCUT2D eigenvalue weighted by Crippen LogP contribution is 2.36. The van der Waals surface area contributed by atoms with Crippen molar-refractivity contribution >= 4 is 29.1 Å². The third-order valence-electron chi connectivity index (χ3n) is 3.46. The van der Waals surface area contributed by atoms with E-state index in [1.54, 1.807) is 30.3 Å². The Hall–Kier alpha value is -1.62. The number of morpholine rings is 1. The number of rotatable bonds is 2. The monoisotopic (exact) mass is 339 g/mol. The van der Waals surface area contributed by atoms with Gasteiger partial charge >= 0.3 is 0 Å². The molecule has 2 atom stereocenters. The van der Waals surface area contributed by atoms with Crippen molar-refractivity contribution in [2.24, 2.45) is 0 Å². The summed E-state index contributed by atoms with van der Waals surface area (Å²) in [6.45, 7) is -0.0805. The molecule has 0 bridgehead atoms. The lowest BCUT2D eigenvalue weighted by molar-refractivity contribution is -0.137. The molecule has 1 amide bonds.